The maximum atomic E-state index is 2.29. The summed E-state index contributed by atoms with van der Waals surface area (Å²) in [5, 5.41) is 0. The molecule has 0 bridgehead atoms. The minimum atomic E-state index is 1.08. The summed E-state index contributed by atoms with van der Waals surface area (Å²) in [5.41, 5.74) is 4.31. The Bertz CT molecular complexity index is 694. The van der Waals surface area contributed by atoms with Gasteiger partial charge in [-0.25, -0.2) is 0 Å². The number of hydrogen-bond acceptors (Lipinski definition) is 0. The SMILES string of the molecule is CCCCCCC[N+](Cc1ccccc1)(Cc1ccccc1)Cc1ccccc1. The second-order valence-corrected chi connectivity index (χ2v) is 8.41. The lowest BCUT2D eigenvalue weighted by Gasteiger charge is -2.39. The van der Waals surface area contributed by atoms with Crippen molar-refractivity contribution in [3.8, 4) is 0 Å². The molecule has 3 aromatic carbocycles. The predicted octanol–water partition coefficient (Wildman–Crippen LogP) is 7.37. The summed E-state index contributed by atoms with van der Waals surface area (Å²) < 4.78 is 1.09. The zero-order valence-corrected chi connectivity index (χ0v) is 18.0. The molecule has 1 heteroatoms. The molecular weight excluding hydrogens is 350 g/mol. The number of nitrogens with zero attached hydrogens (tertiary/aromatic N) is 1. The third-order valence-electron chi connectivity index (χ3n) is 5.82. The van der Waals surface area contributed by atoms with E-state index in [4.69, 9.17) is 0 Å². The molecule has 0 spiro atoms. The van der Waals surface area contributed by atoms with E-state index in [2.05, 4.69) is 97.9 Å². The Labute approximate surface area is 177 Å². The fraction of sp³-hybridized carbons (Fsp3) is 0.357. The van der Waals surface area contributed by atoms with Crippen LogP contribution in [-0.4, -0.2) is 11.0 Å². The van der Waals surface area contributed by atoms with Crippen LogP contribution in [0, 0.1) is 0 Å². The molecule has 0 aromatic heterocycles. The quantitative estimate of drug-likeness (QED) is 0.225. The summed E-state index contributed by atoms with van der Waals surface area (Å²) in [6, 6.07) is 33.2. The monoisotopic (exact) mass is 386 g/mol. The molecule has 0 N–H and O–H groups in total. The van der Waals surface area contributed by atoms with E-state index in [9.17, 15) is 0 Å². The van der Waals surface area contributed by atoms with Crippen LogP contribution >= 0.6 is 0 Å². The van der Waals surface area contributed by atoms with Crippen molar-refractivity contribution in [2.75, 3.05) is 6.54 Å². The zero-order chi connectivity index (χ0) is 20.2. The van der Waals surface area contributed by atoms with Gasteiger partial charge in [-0.15, -0.1) is 0 Å². The first kappa shape index (κ1) is 21.3. The fourth-order valence-corrected chi connectivity index (χ4v) is 4.37. The first-order valence-electron chi connectivity index (χ1n) is 11.3. The van der Waals surface area contributed by atoms with Crippen LogP contribution in [0.1, 0.15) is 55.7 Å². The van der Waals surface area contributed by atoms with E-state index in [1.807, 2.05) is 0 Å². The molecule has 0 amide bonds. The largest absolute Gasteiger partial charge is 0.312 e. The maximum Gasteiger partial charge on any atom is 0.105 e. The van der Waals surface area contributed by atoms with Gasteiger partial charge in [0.2, 0.25) is 0 Å². The summed E-state index contributed by atoms with van der Waals surface area (Å²) in [5.74, 6) is 0. The highest BCUT2D eigenvalue weighted by molar-refractivity contribution is 5.17. The van der Waals surface area contributed by atoms with E-state index in [0.717, 1.165) is 24.1 Å². The second kappa shape index (κ2) is 11.6. The van der Waals surface area contributed by atoms with Gasteiger partial charge in [-0.3, -0.25) is 0 Å². The third kappa shape index (κ3) is 7.18. The summed E-state index contributed by atoms with van der Waals surface area (Å²) in [6.07, 6.45) is 6.66. The number of unbranched alkanes of at least 4 members (excludes halogenated alkanes) is 4. The average Bonchev–Trinajstić information content (AvgIpc) is 2.76. The lowest BCUT2D eigenvalue weighted by molar-refractivity contribution is -0.966. The Balaban J connectivity index is 1.87. The Hall–Kier alpha value is -2.38. The van der Waals surface area contributed by atoms with Crippen molar-refractivity contribution in [2.45, 2.75) is 58.7 Å². The summed E-state index contributed by atoms with van der Waals surface area (Å²) >= 11 is 0. The van der Waals surface area contributed by atoms with Crippen molar-refractivity contribution in [3.05, 3.63) is 108 Å². The van der Waals surface area contributed by atoms with Crippen molar-refractivity contribution in [1.29, 1.82) is 0 Å². The first-order chi connectivity index (χ1) is 14.3. The standard InChI is InChI=1S/C28H36N/c1-2-3-4-5-15-22-29(23-26-16-9-6-10-17-26,24-27-18-11-7-12-19-27)25-28-20-13-8-14-21-28/h6-14,16-21H,2-5,15,22-25H2,1H3/q+1. The number of quaternary nitrogens is 1. The van der Waals surface area contributed by atoms with Gasteiger partial charge in [-0.05, 0) is 12.8 Å². The van der Waals surface area contributed by atoms with Crippen LogP contribution in [0.3, 0.4) is 0 Å². The van der Waals surface area contributed by atoms with Gasteiger partial charge in [0.15, 0.2) is 0 Å². The Morgan fingerprint density at radius 2 is 0.862 bits per heavy atom. The zero-order valence-electron chi connectivity index (χ0n) is 18.0. The molecule has 29 heavy (non-hydrogen) atoms. The highest BCUT2D eigenvalue weighted by Crippen LogP contribution is 2.25. The van der Waals surface area contributed by atoms with Gasteiger partial charge >= 0.3 is 0 Å². The topological polar surface area (TPSA) is 0 Å². The summed E-state index contributed by atoms with van der Waals surface area (Å²) in [7, 11) is 0. The second-order valence-electron chi connectivity index (χ2n) is 8.41. The Morgan fingerprint density at radius 1 is 0.483 bits per heavy atom. The van der Waals surface area contributed by atoms with E-state index < -0.39 is 0 Å². The molecule has 0 fully saturated rings. The van der Waals surface area contributed by atoms with Crippen molar-refractivity contribution in [3.63, 3.8) is 0 Å². The number of benzene rings is 3. The summed E-state index contributed by atoms with van der Waals surface area (Å²) in [4.78, 5) is 0. The lowest BCUT2D eigenvalue weighted by Crippen LogP contribution is -2.46. The van der Waals surface area contributed by atoms with Gasteiger partial charge in [0.1, 0.15) is 19.6 Å². The average molecular weight is 387 g/mol. The number of rotatable bonds is 12. The first-order valence-corrected chi connectivity index (χ1v) is 11.3. The minimum Gasteiger partial charge on any atom is -0.312 e. The van der Waals surface area contributed by atoms with Crippen LogP contribution < -0.4 is 0 Å². The predicted molar refractivity (Wildman–Crippen MR) is 124 cm³/mol. The molecule has 0 unspecified atom stereocenters. The normalized spacial score (nSPS) is 11.5. The highest BCUT2D eigenvalue weighted by atomic mass is 15.3. The fourth-order valence-electron chi connectivity index (χ4n) is 4.37. The molecule has 0 saturated heterocycles. The molecule has 0 atom stereocenters. The van der Waals surface area contributed by atoms with E-state index >= 15 is 0 Å². The van der Waals surface area contributed by atoms with Gasteiger partial charge < -0.3 is 4.48 Å². The van der Waals surface area contributed by atoms with E-state index in [-0.39, 0.29) is 0 Å². The molecule has 0 aliphatic heterocycles. The van der Waals surface area contributed by atoms with Crippen LogP contribution in [-0.2, 0) is 19.6 Å². The van der Waals surface area contributed by atoms with Crippen LogP contribution in [0.15, 0.2) is 91.0 Å². The van der Waals surface area contributed by atoms with Crippen molar-refractivity contribution < 1.29 is 4.48 Å². The van der Waals surface area contributed by atoms with Gasteiger partial charge in [0.25, 0.3) is 0 Å². The molecule has 0 saturated carbocycles. The van der Waals surface area contributed by atoms with Crippen LogP contribution in [0.5, 0.6) is 0 Å². The molecule has 3 rings (SSSR count). The number of hydrogen-bond donors (Lipinski definition) is 0. The van der Waals surface area contributed by atoms with Crippen molar-refractivity contribution in [2.24, 2.45) is 0 Å². The van der Waals surface area contributed by atoms with E-state index in [1.54, 1.807) is 0 Å². The molecule has 152 valence electrons. The van der Waals surface area contributed by atoms with Gasteiger partial charge in [-0.1, -0.05) is 117 Å². The molecule has 0 aliphatic carbocycles. The van der Waals surface area contributed by atoms with Crippen molar-refractivity contribution in [1.82, 2.24) is 0 Å². The highest BCUT2D eigenvalue weighted by Gasteiger charge is 2.28. The van der Waals surface area contributed by atoms with E-state index in [1.165, 1.54) is 55.3 Å². The Morgan fingerprint density at radius 3 is 1.24 bits per heavy atom. The van der Waals surface area contributed by atoms with Gasteiger partial charge in [-0.2, -0.15) is 0 Å². The van der Waals surface area contributed by atoms with E-state index in [0.29, 0.717) is 0 Å². The van der Waals surface area contributed by atoms with Crippen LogP contribution in [0.2, 0.25) is 0 Å². The molecule has 0 aliphatic rings. The lowest BCUT2D eigenvalue weighted by atomic mass is 10.0. The molecule has 1 nitrogen and oxygen atoms in total. The molecule has 0 radical (unpaired) electrons. The van der Waals surface area contributed by atoms with Crippen LogP contribution in [0.25, 0.3) is 0 Å². The minimum absolute atomic E-state index is 1.08. The van der Waals surface area contributed by atoms with Gasteiger partial charge in [0, 0.05) is 16.7 Å². The molecular formula is C28H36N+. The van der Waals surface area contributed by atoms with Crippen molar-refractivity contribution >= 4 is 0 Å². The summed E-state index contributed by atoms with van der Waals surface area (Å²) in [6.45, 7) is 6.76. The Kier molecular flexibility index (Phi) is 8.52. The third-order valence-corrected chi connectivity index (χ3v) is 5.82. The van der Waals surface area contributed by atoms with Crippen LogP contribution in [0.4, 0.5) is 0 Å². The smallest absolute Gasteiger partial charge is 0.105 e. The maximum absolute atomic E-state index is 2.29. The molecule has 3 aromatic rings. The molecule has 0 heterocycles. The van der Waals surface area contributed by atoms with Gasteiger partial charge in [0.05, 0.1) is 6.54 Å².